The van der Waals surface area contributed by atoms with E-state index in [-0.39, 0.29) is 5.91 Å². The Labute approximate surface area is 71.8 Å². The van der Waals surface area contributed by atoms with Crippen molar-refractivity contribution in [3.63, 3.8) is 0 Å². The number of hydrogen-bond acceptors (Lipinski definition) is 1. The van der Waals surface area contributed by atoms with Crippen molar-refractivity contribution in [1.82, 2.24) is 0 Å². The highest BCUT2D eigenvalue weighted by Gasteiger charge is 2.30. The third-order valence-electron chi connectivity index (χ3n) is 2.12. The number of benzene rings is 1. The summed E-state index contributed by atoms with van der Waals surface area (Å²) in [6.07, 6.45) is 1.01. The van der Waals surface area contributed by atoms with Crippen LogP contribution in [0.1, 0.15) is 23.7 Å². The number of anilines is 1. The number of amides is 1. The van der Waals surface area contributed by atoms with Gasteiger partial charge < -0.3 is 4.90 Å². The minimum absolute atomic E-state index is 0.174. The van der Waals surface area contributed by atoms with Gasteiger partial charge in [0.2, 0.25) is 0 Å². The monoisotopic (exact) mass is 161 g/mol. The van der Waals surface area contributed by atoms with Gasteiger partial charge in [0.25, 0.3) is 5.91 Å². The molecule has 1 aromatic rings. The van der Waals surface area contributed by atoms with Crippen molar-refractivity contribution in [1.29, 1.82) is 0 Å². The van der Waals surface area contributed by atoms with Crippen LogP contribution in [0, 0.1) is 0 Å². The van der Waals surface area contributed by atoms with E-state index in [0.717, 1.165) is 24.2 Å². The SMILES string of the molecule is CCCN1C(=O)c2ccccc21. The van der Waals surface area contributed by atoms with Crippen molar-refractivity contribution in [2.24, 2.45) is 0 Å². The topological polar surface area (TPSA) is 20.3 Å². The molecule has 1 aliphatic heterocycles. The van der Waals surface area contributed by atoms with Gasteiger partial charge in [-0.05, 0) is 18.6 Å². The first-order chi connectivity index (χ1) is 5.84. The third kappa shape index (κ3) is 0.843. The van der Waals surface area contributed by atoms with Crippen LogP contribution in [0.5, 0.6) is 0 Å². The number of fused-ring (bicyclic) bond motifs is 1. The van der Waals surface area contributed by atoms with E-state index >= 15 is 0 Å². The standard InChI is InChI=1S/C10H11NO/c1-2-7-11-9-6-4-3-5-8(9)10(11)12/h3-6H,2,7H2,1H3. The molecule has 0 saturated heterocycles. The average Bonchev–Trinajstić information content (AvgIpc) is 2.13. The minimum atomic E-state index is 0.174. The van der Waals surface area contributed by atoms with E-state index in [9.17, 15) is 4.79 Å². The first-order valence-corrected chi connectivity index (χ1v) is 4.25. The second-order valence-electron chi connectivity index (χ2n) is 2.97. The third-order valence-corrected chi connectivity index (χ3v) is 2.12. The molecule has 2 heteroatoms. The van der Waals surface area contributed by atoms with Crippen molar-refractivity contribution < 1.29 is 4.79 Å². The Morgan fingerprint density at radius 3 is 2.83 bits per heavy atom. The molecule has 0 fully saturated rings. The smallest absolute Gasteiger partial charge is 0.260 e. The molecule has 62 valence electrons. The Kier molecular flexibility index (Phi) is 1.61. The Morgan fingerprint density at radius 1 is 1.33 bits per heavy atom. The van der Waals surface area contributed by atoms with Crippen molar-refractivity contribution in [2.45, 2.75) is 13.3 Å². The lowest BCUT2D eigenvalue weighted by Crippen LogP contribution is -2.41. The van der Waals surface area contributed by atoms with Crippen LogP contribution in [0.2, 0.25) is 0 Å². The molecule has 0 radical (unpaired) electrons. The van der Waals surface area contributed by atoms with Crippen LogP contribution < -0.4 is 4.90 Å². The van der Waals surface area contributed by atoms with Gasteiger partial charge in [-0.25, -0.2) is 0 Å². The average molecular weight is 161 g/mol. The fourth-order valence-electron chi connectivity index (χ4n) is 1.54. The van der Waals surface area contributed by atoms with Gasteiger partial charge in [0.1, 0.15) is 0 Å². The zero-order valence-corrected chi connectivity index (χ0v) is 7.08. The number of nitrogens with zero attached hydrogens (tertiary/aromatic N) is 1. The zero-order valence-electron chi connectivity index (χ0n) is 7.08. The van der Waals surface area contributed by atoms with E-state index in [2.05, 4.69) is 6.92 Å². The molecule has 2 rings (SSSR count). The summed E-state index contributed by atoms with van der Waals surface area (Å²) in [5.74, 6) is 0.174. The molecule has 0 atom stereocenters. The Balaban J connectivity index is 2.31. The molecule has 0 bridgehead atoms. The summed E-state index contributed by atoms with van der Waals surface area (Å²) in [4.78, 5) is 13.2. The van der Waals surface area contributed by atoms with Crippen molar-refractivity contribution >= 4 is 11.6 Å². The van der Waals surface area contributed by atoms with E-state index in [4.69, 9.17) is 0 Å². The van der Waals surface area contributed by atoms with E-state index in [1.807, 2.05) is 29.2 Å². The van der Waals surface area contributed by atoms with E-state index in [0.29, 0.717) is 0 Å². The highest BCUT2D eigenvalue weighted by molar-refractivity contribution is 6.19. The predicted octanol–water partition coefficient (Wildman–Crippen LogP) is 2.06. The number of rotatable bonds is 2. The van der Waals surface area contributed by atoms with Crippen LogP contribution in [0.15, 0.2) is 24.3 Å². The predicted molar refractivity (Wildman–Crippen MR) is 48.4 cm³/mol. The summed E-state index contributed by atoms with van der Waals surface area (Å²) in [7, 11) is 0. The number of carbonyl (C=O) groups excluding carboxylic acids is 1. The summed E-state index contributed by atoms with van der Waals surface area (Å²) in [6, 6.07) is 7.74. The van der Waals surface area contributed by atoms with Gasteiger partial charge in [-0.3, -0.25) is 4.79 Å². The molecule has 0 unspecified atom stereocenters. The highest BCUT2D eigenvalue weighted by Crippen LogP contribution is 2.31. The van der Waals surface area contributed by atoms with Gasteiger partial charge in [0.05, 0.1) is 11.3 Å². The molecule has 0 spiro atoms. The van der Waals surface area contributed by atoms with Crippen LogP contribution in [0.3, 0.4) is 0 Å². The lowest BCUT2D eigenvalue weighted by atomic mass is 10.0. The maximum Gasteiger partial charge on any atom is 0.260 e. The van der Waals surface area contributed by atoms with Gasteiger partial charge in [-0.15, -0.1) is 0 Å². The maximum atomic E-state index is 11.4. The van der Waals surface area contributed by atoms with Gasteiger partial charge in [0, 0.05) is 6.54 Å². The lowest BCUT2D eigenvalue weighted by Gasteiger charge is -2.33. The van der Waals surface area contributed by atoms with Gasteiger partial charge in [-0.2, -0.15) is 0 Å². The lowest BCUT2D eigenvalue weighted by molar-refractivity contribution is 0.0966. The molecule has 2 nitrogen and oxygen atoms in total. The molecular formula is C10H11NO. The molecule has 0 aliphatic carbocycles. The fourth-order valence-corrected chi connectivity index (χ4v) is 1.54. The van der Waals surface area contributed by atoms with Crippen molar-refractivity contribution in [2.75, 3.05) is 11.4 Å². The zero-order chi connectivity index (χ0) is 8.55. The number of para-hydroxylation sites is 1. The second-order valence-corrected chi connectivity index (χ2v) is 2.97. The minimum Gasteiger partial charge on any atom is -0.308 e. The first kappa shape index (κ1) is 7.35. The Morgan fingerprint density at radius 2 is 2.08 bits per heavy atom. The van der Waals surface area contributed by atoms with E-state index in [1.54, 1.807) is 0 Å². The van der Waals surface area contributed by atoms with E-state index in [1.165, 1.54) is 0 Å². The van der Waals surface area contributed by atoms with Gasteiger partial charge >= 0.3 is 0 Å². The van der Waals surface area contributed by atoms with Crippen LogP contribution in [0.4, 0.5) is 5.69 Å². The fraction of sp³-hybridized carbons (Fsp3) is 0.300. The summed E-state index contributed by atoms with van der Waals surface area (Å²) >= 11 is 0. The summed E-state index contributed by atoms with van der Waals surface area (Å²) in [5, 5.41) is 0. The highest BCUT2D eigenvalue weighted by atomic mass is 16.2. The molecule has 12 heavy (non-hydrogen) atoms. The molecule has 1 aliphatic rings. The molecule has 1 heterocycles. The van der Waals surface area contributed by atoms with Crippen LogP contribution in [0.25, 0.3) is 0 Å². The Bertz CT molecular complexity index is 319. The quantitative estimate of drug-likeness (QED) is 0.650. The Hall–Kier alpha value is -1.31. The van der Waals surface area contributed by atoms with Crippen LogP contribution >= 0.6 is 0 Å². The van der Waals surface area contributed by atoms with E-state index < -0.39 is 0 Å². The molecule has 1 amide bonds. The molecular weight excluding hydrogens is 150 g/mol. The summed E-state index contributed by atoms with van der Waals surface area (Å²) in [6.45, 7) is 2.92. The molecule has 1 aromatic carbocycles. The van der Waals surface area contributed by atoms with Crippen molar-refractivity contribution in [3.8, 4) is 0 Å². The largest absolute Gasteiger partial charge is 0.308 e. The van der Waals surface area contributed by atoms with Crippen LogP contribution in [-0.2, 0) is 0 Å². The first-order valence-electron chi connectivity index (χ1n) is 4.25. The molecule has 0 N–H and O–H groups in total. The summed E-state index contributed by atoms with van der Waals surface area (Å²) < 4.78 is 0. The summed E-state index contributed by atoms with van der Waals surface area (Å²) in [5.41, 5.74) is 1.95. The van der Waals surface area contributed by atoms with Crippen LogP contribution in [-0.4, -0.2) is 12.5 Å². The normalized spacial score (nSPS) is 14.1. The number of carbonyl (C=O) groups is 1. The second kappa shape index (κ2) is 2.63. The van der Waals surface area contributed by atoms with Gasteiger partial charge in [-0.1, -0.05) is 19.1 Å². The molecule has 0 aromatic heterocycles. The van der Waals surface area contributed by atoms with Gasteiger partial charge in [0.15, 0.2) is 0 Å². The molecule has 0 saturated carbocycles. The van der Waals surface area contributed by atoms with Crippen molar-refractivity contribution in [3.05, 3.63) is 29.8 Å². The number of hydrogen-bond donors (Lipinski definition) is 0. The maximum absolute atomic E-state index is 11.4.